The molecule has 3 rings (SSSR count). The molecule has 1 aromatic rings. The molecule has 0 radical (unpaired) electrons. The minimum Gasteiger partial charge on any atom is -0.480 e. The molecule has 25 heavy (non-hydrogen) atoms. The van der Waals surface area contributed by atoms with Crippen molar-refractivity contribution >= 4 is 12.1 Å². The van der Waals surface area contributed by atoms with Gasteiger partial charge < -0.3 is 15.2 Å². The average Bonchev–Trinajstić information content (AvgIpc) is 3.44. The molecule has 2 saturated carbocycles. The van der Waals surface area contributed by atoms with Crippen LogP contribution < -0.4 is 5.32 Å². The van der Waals surface area contributed by atoms with Crippen molar-refractivity contribution in [1.29, 1.82) is 0 Å². The Bertz CT molecular complexity index is 588. The Balaban J connectivity index is 1.56. The Labute approximate surface area is 148 Å². The molecule has 2 aliphatic carbocycles. The normalized spacial score (nSPS) is 23.2. The van der Waals surface area contributed by atoms with Crippen LogP contribution in [-0.4, -0.2) is 46.7 Å². The number of amides is 1. The molecule has 6 heteroatoms. The molecule has 0 heterocycles. The summed E-state index contributed by atoms with van der Waals surface area (Å²) in [5.41, 5.74) is 0.948. The number of alkyl carbamates (subject to hydrolysis) is 1. The lowest BCUT2D eigenvalue weighted by Gasteiger charge is -2.39. The lowest BCUT2D eigenvalue weighted by Crippen LogP contribution is -2.55. The van der Waals surface area contributed by atoms with Crippen LogP contribution in [0.2, 0.25) is 0 Å². The molecule has 2 fully saturated rings. The van der Waals surface area contributed by atoms with E-state index in [9.17, 15) is 14.7 Å². The Hall–Kier alpha value is -2.08. The van der Waals surface area contributed by atoms with Crippen LogP contribution in [0.3, 0.4) is 0 Å². The van der Waals surface area contributed by atoms with Gasteiger partial charge in [0, 0.05) is 18.1 Å². The van der Waals surface area contributed by atoms with Crippen LogP contribution in [0.1, 0.15) is 44.1 Å². The van der Waals surface area contributed by atoms with Gasteiger partial charge in [0.2, 0.25) is 0 Å². The van der Waals surface area contributed by atoms with Gasteiger partial charge in [0.25, 0.3) is 0 Å². The SMILES string of the molecule is O=C(O)CN(C1CC1)C1CCCCC1NC(=O)OCc1ccccc1. The van der Waals surface area contributed by atoms with Crippen molar-refractivity contribution in [2.24, 2.45) is 0 Å². The van der Waals surface area contributed by atoms with Gasteiger partial charge in [-0.05, 0) is 31.2 Å². The van der Waals surface area contributed by atoms with Gasteiger partial charge in [0.1, 0.15) is 6.61 Å². The fourth-order valence-electron chi connectivity index (χ4n) is 3.67. The quantitative estimate of drug-likeness (QED) is 0.794. The van der Waals surface area contributed by atoms with Crippen molar-refractivity contribution in [2.45, 2.75) is 63.3 Å². The van der Waals surface area contributed by atoms with Crippen molar-refractivity contribution in [3.8, 4) is 0 Å². The average molecular weight is 346 g/mol. The first kappa shape index (κ1) is 17.7. The van der Waals surface area contributed by atoms with E-state index in [1.165, 1.54) is 0 Å². The fraction of sp³-hybridized carbons (Fsp3) is 0.579. The lowest BCUT2D eigenvalue weighted by atomic mass is 9.89. The minimum atomic E-state index is -0.803. The first-order valence-electron chi connectivity index (χ1n) is 9.08. The highest BCUT2D eigenvalue weighted by atomic mass is 16.5. The van der Waals surface area contributed by atoms with Crippen molar-refractivity contribution in [2.75, 3.05) is 6.54 Å². The van der Waals surface area contributed by atoms with Crippen LogP contribution in [0.4, 0.5) is 4.79 Å². The van der Waals surface area contributed by atoms with E-state index >= 15 is 0 Å². The van der Waals surface area contributed by atoms with Crippen LogP contribution in [0.15, 0.2) is 30.3 Å². The molecule has 1 amide bonds. The lowest BCUT2D eigenvalue weighted by molar-refractivity contribution is -0.139. The van der Waals surface area contributed by atoms with Crippen LogP contribution >= 0.6 is 0 Å². The molecule has 1 aromatic carbocycles. The number of rotatable bonds is 7. The van der Waals surface area contributed by atoms with Crippen molar-refractivity contribution < 1.29 is 19.4 Å². The fourth-order valence-corrected chi connectivity index (χ4v) is 3.67. The summed E-state index contributed by atoms with van der Waals surface area (Å²) in [7, 11) is 0. The molecule has 2 aliphatic rings. The predicted molar refractivity (Wildman–Crippen MR) is 93.2 cm³/mol. The monoisotopic (exact) mass is 346 g/mol. The molecule has 0 saturated heterocycles. The maximum Gasteiger partial charge on any atom is 0.407 e. The Morgan fingerprint density at radius 2 is 1.84 bits per heavy atom. The number of nitrogens with one attached hydrogen (secondary N) is 1. The highest BCUT2D eigenvalue weighted by molar-refractivity contribution is 5.69. The van der Waals surface area contributed by atoms with Gasteiger partial charge in [0.05, 0.1) is 6.54 Å². The summed E-state index contributed by atoms with van der Waals surface area (Å²) in [4.78, 5) is 25.5. The second-order valence-electron chi connectivity index (χ2n) is 6.96. The third kappa shape index (κ3) is 5.19. The first-order chi connectivity index (χ1) is 12.1. The molecule has 0 spiro atoms. The van der Waals surface area contributed by atoms with Gasteiger partial charge in [0.15, 0.2) is 0 Å². The van der Waals surface area contributed by atoms with E-state index in [1.54, 1.807) is 0 Å². The molecule has 2 unspecified atom stereocenters. The maximum atomic E-state index is 12.2. The number of aliphatic carboxylic acids is 1. The van der Waals surface area contributed by atoms with E-state index in [0.717, 1.165) is 44.1 Å². The summed E-state index contributed by atoms with van der Waals surface area (Å²) in [6.07, 6.45) is 5.59. The third-order valence-corrected chi connectivity index (χ3v) is 5.01. The van der Waals surface area contributed by atoms with E-state index in [1.807, 2.05) is 30.3 Å². The predicted octanol–water partition coefficient (Wildman–Crippen LogP) is 2.77. The van der Waals surface area contributed by atoms with E-state index in [-0.39, 0.29) is 25.2 Å². The van der Waals surface area contributed by atoms with E-state index < -0.39 is 12.1 Å². The zero-order valence-corrected chi connectivity index (χ0v) is 14.4. The van der Waals surface area contributed by atoms with Crippen LogP contribution in [-0.2, 0) is 16.1 Å². The standard InChI is InChI=1S/C19H26N2O4/c22-18(23)12-21(15-10-11-15)17-9-5-4-8-16(17)20-19(24)25-13-14-6-2-1-3-7-14/h1-3,6-7,15-17H,4-5,8-13H2,(H,20,24)(H,22,23). The number of carbonyl (C=O) groups is 2. The number of hydrogen-bond acceptors (Lipinski definition) is 4. The van der Waals surface area contributed by atoms with Crippen molar-refractivity contribution in [3.63, 3.8) is 0 Å². The molecule has 0 aromatic heterocycles. The smallest absolute Gasteiger partial charge is 0.407 e. The Morgan fingerprint density at radius 1 is 1.12 bits per heavy atom. The summed E-state index contributed by atoms with van der Waals surface area (Å²) in [6, 6.07) is 9.96. The topological polar surface area (TPSA) is 78.9 Å². The summed E-state index contributed by atoms with van der Waals surface area (Å²) >= 11 is 0. The van der Waals surface area contributed by atoms with Gasteiger partial charge in [-0.2, -0.15) is 0 Å². The second kappa shape index (κ2) is 8.34. The third-order valence-electron chi connectivity index (χ3n) is 5.01. The van der Waals surface area contributed by atoms with Gasteiger partial charge in [-0.1, -0.05) is 43.2 Å². The zero-order chi connectivity index (χ0) is 17.6. The Kier molecular flexibility index (Phi) is 5.91. The first-order valence-corrected chi connectivity index (χ1v) is 9.08. The van der Waals surface area contributed by atoms with Crippen LogP contribution in [0.5, 0.6) is 0 Å². The molecular formula is C19H26N2O4. The molecule has 2 N–H and O–H groups in total. The molecule has 0 aliphatic heterocycles. The zero-order valence-electron chi connectivity index (χ0n) is 14.4. The van der Waals surface area contributed by atoms with Gasteiger partial charge >= 0.3 is 12.1 Å². The van der Waals surface area contributed by atoms with Crippen LogP contribution in [0, 0.1) is 0 Å². The molecule has 6 nitrogen and oxygen atoms in total. The maximum absolute atomic E-state index is 12.2. The number of benzene rings is 1. The van der Waals surface area contributed by atoms with E-state index in [2.05, 4.69) is 10.2 Å². The van der Waals surface area contributed by atoms with Crippen molar-refractivity contribution in [3.05, 3.63) is 35.9 Å². The number of nitrogens with zero attached hydrogens (tertiary/aromatic N) is 1. The van der Waals surface area contributed by atoms with E-state index in [0.29, 0.717) is 6.04 Å². The highest BCUT2D eigenvalue weighted by Gasteiger charge is 2.40. The van der Waals surface area contributed by atoms with Gasteiger partial charge in [-0.25, -0.2) is 4.79 Å². The van der Waals surface area contributed by atoms with Gasteiger partial charge in [-0.3, -0.25) is 9.69 Å². The minimum absolute atomic E-state index is 0.0445. The highest BCUT2D eigenvalue weighted by Crippen LogP contribution is 2.33. The largest absolute Gasteiger partial charge is 0.480 e. The molecule has 2 atom stereocenters. The molecular weight excluding hydrogens is 320 g/mol. The number of carboxylic acids is 1. The summed E-state index contributed by atoms with van der Waals surface area (Å²) < 4.78 is 5.33. The molecule has 0 bridgehead atoms. The number of ether oxygens (including phenoxy) is 1. The molecule has 136 valence electrons. The van der Waals surface area contributed by atoms with Crippen LogP contribution in [0.25, 0.3) is 0 Å². The summed E-state index contributed by atoms with van der Waals surface area (Å²) in [6.45, 7) is 0.290. The summed E-state index contributed by atoms with van der Waals surface area (Å²) in [5.74, 6) is -0.803. The number of hydrogen-bond donors (Lipinski definition) is 2. The van der Waals surface area contributed by atoms with Crippen molar-refractivity contribution in [1.82, 2.24) is 10.2 Å². The van der Waals surface area contributed by atoms with E-state index in [4.69, 9.17) is 4.74 Å². The second-order valence-corrected chi connectivity index (χ2v) is 6.96. The number of carbonyl (C=O) groups excluding carboxylic acids is 1. The summed E-state index contributed by atoms with van der Waals surface area (Å²) in [5, 5.41) is 12.2. The Morgan fingerprint density at radius 3 is 2.52 bits per heavy atom. The number of carboxylic acid groups (broad SMARTS) is 1. The van der Waals surface area contributed by atoms with Gasteiger partial charge in [-0.15, -0.1) is 0 Å².